The number of nitrogens with zero attached hydrogens (tertiary/aromatic N) is 1. The number of hydrogen-bond donors (Lipinski definition) is 2. The number of carbonyl (C=O) groups is 2. The van der Waals surface area contributed by atoms with E-state index in [9.17, 15) is 9.59 Å². The van der Waals surface area contributed by atoms with Crippen LogP contribution in [-0.4, -0.2) is 40.6 Å². The molecule has 1 atom stereocenters. The van der Waals surface area contributed by atoms with Crippen molar-refractivity contribution in [3.63, 3.8) is 0 Å². The highest BCUT2D eigenvalue weighted by Gasteiger charge is 2.37. The van der Waals surface area contributed by atoms with E-state index in [2.05, 4.69) is 5.32 Å². The number of nitrogens with one attached hydrogen (secondary N) is 1. The molecule has 2 aliphatic carbocycles. The zero-order valence-corrected chi connectivity index (χ0v) is 11.6. The molecule has 0 spiro atoms. The van der Waals surface area contributed by atoms with Crippen LogP contribution < -0.4 is 5.32 Å². The van der Waals surface area contributed by atoms with Crippen molar-refractivity contribution in [2.24, 2.45) is 5.92 Å². The van der Waals surface area contributed by atoms with Crippen LogP contribution >= 0.6 is 0 Å². The van der Waals surface area contributed by atoms with Gasteiger partial charge in [-0.25, -0.2) is 4.79 Å². The molecule has 1 unspecified atom stereocenters. The molecule has 0 radical (unpaired) electrons. The van der Waals surface area contributed by atoms with E-state index >= 15 is 0 Å². The van der Waals surface area contributed by atoms with Gasteiger partial charge >= 0.3 is 12.0 Å². The number of carboxylic acids is 1. The van der Waals surface area contributed by atoms with Gasteiger partial charge in [-0.1, -0.05) is 13.3 Å². The van der Waals surface area contributed by atoms with Gasteiger partial charge in [0, 0.05) is 18.6 Å². The molecule has 5 heteroatoms. The van der Waals surface area contributed by atoms with Crippen molar-refractivity contribution < 1.29 is 14.7 Å². The van der Waals surface area contributed by atoms with Crippen LogP contribution in [0.15, 0.2) is 0 Å². The van der Waals surface area contributed by atoms with E-state index in [1.54, 1.807) is 0 Å². The molecule has 5 nitrogen and oxygen atoms in total. The number of hydrogen-bond acceptors (Lipinski definition) is 2. The fourth-order valence-corrected chi connectivity index (χ4v) is 2.40. The minimum absolute atomic E-state index is 0.0154. The zero-order valence-electron chi connectivity index (χ0n) is 11.6. The maximum Gasteiger partial charge on any atom is 0.317 e. The highest BCUT2D eigenvalue weighted by molar-refractivity contribution is 5.76. The average Bonchev–Trinajstić information content (AvgIpc) is 3.18. The van der Waals surface area contributed by atoms with Gasteiger partial charge in [-0.15, -0.1) is 0 Å². The summed E-state index contributed by atoms with van der Waals surface area (Å²) in [5, 5.41) is 11.8. The second-order valence-corrected chi connectivity index (χ2v) is 5.86. The first kappa shape index (κ1) is 14.2. The molecule has 0 bridgehead atoms. The predicted molar refractivity (Wildman–Crippen MR) is 71.9 cm³/mol. The van der Waals surface area contributed by atoms with Crippen LogP contribution in [0.25, 0.3) is 0 Å². The van der Waals surface area contributed by atoms with Gasteiger partial charge in [0.05, 0.1) is 6.42 Å². The fourth-order valence-electron chi connectivity index (χ4n) is 2.40. The number of amides is 2. The van der Waals surface area contributed by atoms with E-state index in [4.69, 9.17) is 5.11 Å². The number of aliphatic carboxylic acids is 1. The van der Waals surface area contributed by atoms with Crippen LogP contribution in [0.5, 0.6) is 0 Å². The molecule has 0 aromatic heterocycles. The second-order valence-electron chi connectivity index (χ2n) is 5.86. The third-order valence-corrected chi connectivity index (χ3v) is 3.79. The minimum atomic E-state index is -0.848. The summed E-state index contributed by atoms with van der Waals surface area (Å²) in [6, 6.07) is 0.0947. The van der Waals surface area contributed by atoms with Gasteiger partial charge in [-0.3, -0.25) is 4.79 Å². The summed E-state index contributed by atoms with van der Waals surface area (Å²) in [5.41, 5.74) is 0. The van der Waals surface area contributed by atoms with Crippen LogP contribution in [0.2, 0.25) is 0 Å². The summed E-state index contributed by atoms with van der Waals surface area (Å²) in [6.45, 7) is 2.85. The smallest absolute Gasteiger partial charge is 0.317 e. The van der Waals surface area contributed by atoms with Crippen molar-refractivity contribution in [2.75, 3.05) is 6.54 Å². The fraction of sp³-hybridized carbons (Fsp3) is 0.857. The molecule has 2 rings (SSSR count). The Hall–Kier alpha value is -1.26. The summed E-state index contributed by atoms with van der Waals surface area (Å²) in [4.78, 5) is 25.0. The van der Waals surface area contributed by atoms with Gasteiger partial charge < -0.3 is 15.3 Å². The van der Waals surface area contributed by atoms with Gasteiger partial charge in [0.25, 0.3) is 0 Å². The standard InChI is InChI=1S/C14H24N2O3/c1-2-3-11(8-13(17)18)15-14(19)16(12-6-7-12)9-10-4-5-10/h10-12H,2-9H2,1H3,(H,15,19)(H,17,18). The monoisotopic (exact) mass is 268 g/mol. The van der Waals surface area contributed by atoms with Crippen LogP contribution in [0.4, 0.5) is 4.79 Å². The molecule has 2 fully saturated rings. The number of carbonyl (C=O) groups excluding carboxylic acids is 1. The molecular weight excluding hydrogens is 244 g/mol. The van der Waals surface area contributed by atoms with E-state index in [1.807, 2.05) is 11.8 Å². The lowest BCUT2D eigenvalue weighted by Gasteiger charge is -2.26. The normalized spacial score (nSPS) is 19.8. The zero-order chi connectivity index (χ0) is 13.8. The molecule has 0 aliphatic heterocycles. The van der Waals surface area contributed by atoms with Crippen molar-refractivity contribution in [2.45, 2.75) is 64.0 Å². The first-order valence-electron chi connectivity index (χ1n) is 7.39. The lowest BCUT2D eigenvalue weighted by Crippen LogP contribution is -2.47. The molecule has 0 aromatic carbocycles. The Labute approximate surface area is 114 Å². The van der Waals surface area contributed by atoms with Crippen molar-refractivity contribution in [3.05, 3.63) is 0 Å². The highest BCUT2D eigenvalue weighted by atomic mass is 16.4. The van der Waals surface area contributed by atoms with E-state index in [0.29, 0.717) is 12.0 Å². The van der Waals surface area contributed by atoms with Crippen molar-refractivity contribution >= 4 is 12.0 Å². The van der Waals surface area contributed by atoms with Crippen LogP contribution in [0.1, 0.15) is 51.9 Å². The Morgan fingerprint density at radius 2 is 2.00 bits per heavy atom. The van der Waals surface area contributed by atoms with Crippen molar-refractivity contribution in [1.82, 2.24) is 10.2 Å². The Balaban J connectivity index is 1.85. The van der Waals surface area contributed by atoms with Crippen LogP contribution in [0, 0.1) is 5.92 Å². The van der Waals surface area contributed by atoms with Gasteiger partial charge in [-0.2, -0.15) is 0 Å². The third-order valence-electron chi connectivity index (χ3n) is 3.79. The summed E-state index contributed by atoms with van der Waals surface area (Å²) in [5.74, 6) is -0.172. The molecule has 2 aliphatic rings. The molecule has 2 N–H and O–H groups in total. The molecule has 19 heavy (non-hydrogen) atoms. The lowest BCUT2D eigenvalue weighted by atomic mass is 10.1. The largest absolute Gasteiger partial charge is 0.481 e. The summed E-state index contributed by atoms with van der Waals surface area (Å²) in [6.07, 6.45) is 6.26. The summed E-state index contributed by atoms with van der Waals surface area (Å²) in [7, 11) is 0. The molecule has 2 amide bonds. The second kappa shape index (κ2) is 6.26. The minimum Gasteiger partial charge on any atom is -0.481 e. The molecule has 2 saturated carbocycles. The molecule has 0 heterocycles. The third kappa shape index (κ3) is 4.73. The van der Waals surface area contributed by atoms with Crippen LogP contribution in [-0.2, 0) is 4.79 Å². The van der Waals surface area contributed by atoms with E-state index < -0.39 is 5.97 Å². The Bertz CT molecular complexity index is 338. The van der Waals surface area contributed by atoms with Crippen molar-refractivity contribution in [3.8, 4) is 0 Å². The van der Waals surface area contributed by atoms with Gasteiger partial charge in [-0.05, 0) is 38.0 Å². The van der Waals surface area contributed by atoms with Gasteiger partial charge in [0.2, 0.25) is 0 Å². The first-order valence-corrected chi connectivity index (χ1v) is 7.39. The summed E-state index contributed by atoms with van der Waals surface area (Å²) < 4.78 is 0. The Morgan fingerprint density at radius 1 is 1.32 bits per heavy atom. The van der Waals surface area contributed by atoms with Crippen LogP contribution in [0.3, 0.4) is 0 Å². The lowest BCUT2D eigenvalue weighted by molar-refractivity contribution is -0.137. The molecule has 0 saturated heterocycles. The van der Waals surface area contributed by atoms with E-state index in [-0.39, 0.29) is 18.5 Å². The number of urea groups is 1. The van der Waals surface area contributed by atoms with Gasteiger partial charge in [0.15, 0.2) is 0 Å². The Kier molecular flexibility index (Phi) is 4.66. The Morgan fingerprint density at radius 3 is 2.47 bits per heavy atom. The SMILES string of the molecule is CCCC(CC(=O)O)NC(=O)N(CC1CC1)C1CC1. The first-order chi connectivity index (χ1) is 9.10. The van der Waals surface area contributed by atoms with Crippen molar-refractivity contribution in [1.29, 1.82) is 0 Å². The number of carboxylic acid groups (broad SMARTS) is 1. The topological polar surface area (TPSA) is 69.6 Å². The quantitative estimate of drug-likeness (QED) is 0.709. The van der Waals surface area contributed by atoms with E-state index in [1.165, 1.54) is 12.8 Å². The summed E-state index contributed by atoms with van der Waals surface area (Å²) >= 11 is 0. The predicted octanol–water partition coefficient (Wildman–Crippen LogP) is 2.21. The maximum atomic E-state index is 12.3. The number of rotatable bonds is 8. The molecule has 0 aromatic rings. The van der Waals surface area contributed by atoms with Gasteiger partial charge in [0.1, 0.15) is 0 Å². The molecular formula is C14H24N2O3. The maximum absolute atomic E-state index is 12.3. The van der Waals surface area contributed by atoms with E-state index in [0.717, 1.165) is 32.2 Å². The molecule has 108 valence electrons. The average molecular weight is 268 g/mol. The highest BCUT2D eigenvalue weighted by Crippen LogP contribution is 2.34.